The summed E-state index contributed by atoms with van der Waals surface area (Å²) in [6.07, 6.45) is 0. The van der Waals surface area contributed by atoms with Gasteiger partial charge in [-0.1, -0.05) is 72.4 Å². The summed E-state index contributed by atoms with van der Waals surface area (Å²) < 4.78 is 4.72. The van der Waals surface area contributed by atoms with Gasteiger partial charge in [-0.3, -0.25) is 0 Å². The highest BCUT2D eigenvalue weighted by Gasteiger charge is 2.31. The molecular weight excluding hydrogens is 1360 g/mol. The van der Waals surface area contributed by atoms with E-state index in [4.69, 9.17) is 132 Å². The molecule has 0 spiro atoms. The van der Waals surface area contributed by atoms with Gasteiger partial charge >= 0.3 is 65.7 Å². The van der Waals surface area contributed by atoms with Crippen LogP contribution in [-0.2, 0) is 57.5 Å². The first-order valence-electron chi connectivity index (χ1n) is 27.5. The summed E-state index contributed by atoms with van der Waals surface area (Å²) in [5.74, 6) is -9.96. The lowest BCUT2D eigenvalue weighted by atomic mass is 9.93. The summed E-state index contributed by atoms with van der Waals surface area (Å²) >= 11 is 0. The molecule has 0 aliphatic carbocycles. The third-order valence-corrected chi connectivity index (χ3v) is 9.54. The molecule has 0 saturated carbocycles. The zero-order valence-corrected chi connectivity index (χ0v) is 59.2. The fourth-order valence-electron chi connectivity index (χ4n) is 1.53. The van der Waals surface area contributed by atoms with Gasteiger partial charge < -0.3 is 132 Å². The number of hydrogen-bond acceptors (Lipinski definition) is 27. The first-order valence-corrected chi connectivity index (χ1v) is 27.5. The Bertz CT molecular complexity index is 1930. The van der Waals surface area contributed by atoms with Gasteiger partial charge in [0.15, 0.2) is 0 Å². The molecule has 590 valence electrons. The van der Waals surface area contributed by atoms with Gasteiger partial charge in [-0.05, 0) is 76.2 Å². The lowest BCUT2D eigenvalue weighted by Crippen LogP contribution is -2.39. The van der Waals surface area contributed by atoms with Crippen molar-refractivity contribution in [2.24, 2.45) is 21.7 Å². The van der Waals surface area contributed by atoms with Gasteiger partial charge in [0.2, 0.25) is 0 Å². The van der Waals surface area contributed by atoms with E-state index in [1.807, 2.05) is 0 Å². The van der Waals surface area contributed by atoms with Crippen molar-refractivity contribution < 1.29 is 185 Å². The minimum atomic E-state index is -1.18. The van der Waals surface area contributed by atoms with E-state index in [9.17, 15) is 52.7 Å². The summed E-state index contributed by atoms with van der Waals surface area (Å²) in [7, 11) is 0. The molecule has 0 bridgehead atoms. The van der Waals surface area contributed by atoms with E-state index in [0.717, 1.165) is 0 Å². The Morgan fingerprint density at radius 3 is 0.317 bits per heavy atom. The first kappa shape index (κ1) is 125. The van der Waals surface area contributed by atoms with E-state index in [0.29, 0.717) is 0 Å². The van der Waals surface area contributed by atoms with Crippen molar-refractivity contribution in [1.82, 2.24) is 0 Å². The number of esters is 1. The van der Waals surface area contributed by atoms with Crippen LogP contribution in [0.15, 0.2) is 134 Å². The van der Waals surface area contributed by atoms with Crippen molar-refractivity contribution in [2.45, 2.75) is 76.2 Å². The van der Waals surface area contributed by atoms with E-state index in [1.54, 1.807) is 0 Å². The molecular formula is C64H112O37. The molecule has 0 aliphatic heterocycles. The SMILES string of the molecule is C=C(C)C(=O)O.C=C(C)C(=O)O.C=C(C)C(=O)O.C=C(C)C(=O)O.C=C(C)C(=O)O.C=C(C)C(=O)O.C=C(C)C(=O)O.C=C(C)C(=O)O.C=C(C)C(=O)O.C=C(C)C(=O)O.C=C(C)C(=O)OCC(CO)(CO)CO.OCC(CO)(CO)CO.OCC(CO)(CO)CO.OCC(CO)(CO)CO. The van der Waals surface area contributed by atoms with E-state index in [1.165, 1.54) is 76.2 Å². The molecule has 0 fully saturated rings. The fourth-order valence-corrected chi connectivity index (χ4v) is 1.53. The molecule has 0 heterocycles. The van der Waals surface area contributed by atoms with Crippen molar-refractivity contribution in [3.63, 3.8) is 0 Å². The third-order valence-electron chi connectivity index (χ3n) is 9.54. The molecule has 0 rings (SSSR count). The highest BCUT2D eigenvalue weighted by molar-refractivity contribution is 5.88. The Labute approximate surface area is 586 Å². The monoisotopic (exact) mass is 1470 g/mol. The molecule has 0 amide bonds. The number of hydrogen-bond donors (Lipinski definition) is 25. The summed E-state index contributed by atoms with van der Waals surface area (Å²) in [5.41, 5.74) is -2.52. The lowest BCUT2D eigenvalue weighted by molar-refractivity contribution is -0.147. The van der Waals surface area contributed by atoms with Crippen LogP contribution in [-0.4, -0.2) is 299 Å². The molecule has 101 heavy (non-hydrogen) atoms. The fraction of sp³-hybridized carbons (Fsp3) is 0.484. The second kappa shape index (κ2) is 76.5. The largest absolute Gasteiger partial charge is 0.478 e. The summed E-state index contributed by atoms with van der Waals surface area (Å²) in [5, 5.41) is 208. The van der Waals surface area contributed by atoms with Crippen LogP contribution < -0.4 is 0 Å². The van der Waals surface area contributed by atoms with Gasteiger partial charge in [0, 0.05) is 61.3 Å². The zero-order valence-electron chi connectivity index (χ0n) is 59.2. The van der Waals surface area contributed by atoms with Crippen molar-refractivity contribution in [3.05, 3.63) is 134 Å². The van der Waals surface area contributed by atoms with Crippen molar-refractivity contribution in [1.29, 1.82) is 0 Å². The van der Waals surface area contributed by atoms with Gasteiger partial charge in [0.05, 0.1) is 121 Å². The Balaban J connectivity index is -0.0000000679. The minimum Gasteiger partial charge on any atom is -0.478 e. The van der Waals surface area contributed by atoms with Gasteiger partial charge in [0.1, 0.15) is 6.61 Å². The number of carbonyl (C=O) groups is 11. The maximum absolute atomic E-state index is 11.0. The number of aliphatic hydroxyl groups excluding tert-OH is 15. The topological polar surface area (TPSA) is 703 Å². The van der Waals surface area contributed by atoms with Crippen LogP contribution in [0.3, 0.4) is 0 Å². The third kappa shape index (κ3) is 97.2. The molecule has 25 N–H and O–H groups in total. The number of carboxylic acid groups (broad SMARTS) is 10. The van der Waals surface area contributed by atoms with Gasteiger partial charge in [-0.25, -0.2) is 52.7 Å². The molecule has 0 radical (unpaired) electrons. The van der Waals surface area contributed by atoms with E-state index in [-0.39, 0.29) is 67.9 Å². The average molecular weight is 1470 g/mol. The molecule has 0 aromatic rings. The van der Waals surface area contributed by atoms with Crippen LogP contribution in [0.2, 0.25) is 0 Å². The molecule has 37 heteroatoms. The Morgan fingerprint density at radius 1 is 0.198 bits per heavy atom. The maximum Gasteiger partial charge on any atom is 0.333 e. The Kier molecular flexibility index (Phi) is 94.6. The first-order chi connectivity index (χ1) is 45.7. The van der Waals surface area contributed by atoms with Gasteiger partial charge in [0.25, 0.3) is 0 Å². The van der Waals surface area contributed by atoms with E-state index in [2.05, 4.69) is 72.4 Å². The Morgan fingerprint density at radius 2 is 0.277 bits per heavy atom. The standard InChI is InChI=1S/C9H16O5.3C5H12O4.10C4H6O2/c1-7(2)8(13)14-6-9(3-10,4-11)5-12;3*6-1-5(2-7,3-8)4-9;10*1-3(2)4(5)6/h10-12H,1,3-6H2,2H3;3*6-9H,1-4H2;10*1H2,2H3,(H,5,6). The number of rotatable bonds is 28. The van der Waals surface area contributed by atoms with Crippen molar-refractivity contribution in [2.75, 3.05) is 106 Å². The molecule has 0 unspecified atom stereocenters. The number of aliphatic carboxylic acids is 10. The molecule has 0 saturated heterocycles. The van der Waals surface area contributed by atoms with Crippen LogP contribution in [0.1, 0.15) is 76.2 Å². The summed E-state index contributed by atoms with van der Waals surface area (Å²) in [6.45, 7) is 44.4. The molecule has 0 atom stereocenters. The average Bonchev–Trinajstić information content (AvgIpc) is 0.928. The normalized spacial score (nSPS) is 9.21. The van der Waals surface area contributed by atoms with Gasteiger partial charge in [-0.2, -0.15) is 0 Å². The predicted molar refractivity (Wildman–Crippen MR) is 366 cm³/mol. The smallest absolute Gasteiger partial charge is 0.333 e. The highest BCUT2D eigenvalue weighted by atomic mass is 16.5. The predicted octanol–water partition coefficient (Wildman–Crippen LogP) is -0.634. The number of carboxylic acids is 10. The summed E-state index contributed by atoms with van der Waals surface area (Å²) in [6, 6.07) is 0. The van der Waals surface area contributed by atoms with Crippen LogP contribution >= 0.6 is 0 Å². The highest BCUT2D eigenvalue weighted by Crippen LogP contribution is 2.16. The van der Waals surface area contributed by atoms with Gasteiger partial charge in [-0.15, -0.1) is 0 Å². The molecule has 37 nitrogen and oxygen atoms in total. The molecule has 0 aromatic heterocycles. The van der Waals surface area contributed by atoms with Crippen molar-refractivity contribution in [3.8, 4) is 0 Å². The number of ether oxygens (including phenoxy) is 1. The van der Waals surface area contributed by atoms with Crippen LogP contribution in [0.25, 0.3) is 0 Å². The second-order valence-electron chi connectivity index (χ2n) is 20.6. The summed E-state index contributed by atoms with van der Waals surface area (Å²) in [4.78, 5) is 107. The molecule has 0 aromatic carbocycles. The lowest BCUT2D eigenvalue weighted by Gasteiger charge is -2.26. The second-order valence-corrected chi connectivity index (χ2v) is 20.6. The Hall–Kier alpha value is -9.29. The quantitative estimate of drug-likeness (QED) is 0.0342. The zero-order chi connectivity index (χ0) is 84.7. The minimum absolute atomic E-state index is 0.176. The van der Waals surface area contributed by atoms with E-state index >= 15 is 0 Å². The molecule has 0 aliphatic rings. The van der Waals surface area contributed by atoms with E-state index < -0.39 is 186 Å². The number of carbonyl (C=O) groups excluding carboxylic acids is 1. The number of aliphatic hydroxyl groups is 15. The van der Waals surface area contributed by atoms with Crippen LogP contribution in [0.5, 0.6) is 0 Å². The maximum atomic E-state index is 11.0. The van der Waals surface area contributed by atoms with Crippen molar-refractivity contribution >= 4 is 65.7 Å². The van der Waals surface area contributed by atoms with Crippen LogP contribution in [0, 0.1) is 21.7 Å². The van der Waals surface area contributed by atoms with Crippen LogP contribution in [0.4, 0.5) is 0 Å².